The van der Waals surface area contributed by atoms with E-state index in [0.717, 1.165) is 22.0 Å². The van der Waals surface area contributed by atoms with E-state index in [9.17, 15) is 9.90 Å². The van der Waals surface area contributed by atoms with Crippen molar-refractivity contribution in [2.75, 3.05) is 7.11 Å². The van der Waals surface area contributed by atoms with Crippen molar-refractivity contribution in [3.8, 4) is 5.75 Å². The first-order chi connectivity index (χ1) is 9.58. The summed E-state index contributed by atoms with van der Waals surface area (Å²) >= 11 is 1.55. The summed E-state index contributed by atoms with van der Waals surface area (Å²) in [4.78, 5) is 15.7. The molecule has 0 amide bonds. The number of carbonyl (C=O) groups is 1. The molecule has 1 aromatic heterocycles. The molecule has 1 aromatic carbocycles. The summed E-state index contributed by atoms with van der Waals surface area (Å²) in [5.41, 5.74) is 1.85. The summed E-state index contributed by atoms with van der Waals surface area (Å²) in [5, 5.41) is 12.3. The number of aromatic nitrogens is 1. The average molecular weight is 291 g/mol. The highest BCUT2D eigenvalue weighted by molar-refractivity contribution is 7.09. The number of benzene rings is 1. The summed E-state index contributed by atoms with van der Waals surface area (Å²) in [5.74, 6) is -0.466. The lowest BCUT2D eigenvalue weighted by atomic mass is 9.95. The molecule has 1 unspecified atom stereocenters. The Morgan fingerprint density at radius 2 is 2.05 bits per heavy atom. The third-order valence-corrected chi connectivity index (χ3v) is 3.93. The van der Waals surface area contributed by atoms with Crippen molar-refractivity contribution in [3.05, 3.63) is 45.9 Å². The Labute approximate surface area is 122 Å². The zero-order valence-corrected chi connectivity index (χ0v) is 12.3. The van der Waals surface area contributed by atoms with Crippen LogP contribution in [0.3, 0.4) is 0 Å². The van der Waals surface area contributed by atoms with Gasteiger partial charge in [0, 0.05) is 11.8 Å². The van der Waals surface area contributed by atoms with Crippen LogP contribution in [-0.2, 0) is 17.6 Å². The molecule has 0 saturated heterocycles. The molecular formula is C15H17NO3S. The number of carboxylic acid groups (broad SMARTS) is 1. The number of ether oxygens (including phenoxy) is 1. The molecule has 1 heterocycles. The highest BCUT2D eigenvalue weighted by atomic mass is 32.1. The highest BCUT2D eigenvalue weighted by Gasteiger charge is 2.19. The first-order valence-electron chi connectivity index (χ1n) is 6.35. The lowest BCUT2D eigenvalue weighted by Gasteiger charge is -2.11. The zero-order valence-electron chi connectivity index (χ0n) is 11.5. The standard InChI is InChI=1S/C15H17NO3S/c1-10-16-13(9-20-10)8-12(15(17)18)7-11-3-5-14(19-2)6-4-11/h3-6,9,12H,7-8H2,1-2H3,(H,17,18). The van der Waals surface area contributed by atoms with Gasteiger partial charge in [-0.05, 0) is 31.0 Å². The summed E-state index contributed by atoms with van der Waals surface area (Å²) in [6.45, 7) is 1.92. The van der Waals surface area contributed by atoms with Gasteiger partial charge in [-0.1, -0.05) is 12.1 Å². The van der Waals surface area contributed by atoms with Crippen LogP contribution in [-0.4, -0.2) is 23.2 Å². The van der Waals surface area contributed by atoms with E-state index < -0.39 is 11.9 Å². The van der Waals surface area contributed by atoms with Gasteiger partial charge in [0.25, 0.3) is 0 Å². The van der Waals surface area contributed by atoms with E-state index in [1.807, 2.05) is 36.6 Å². The van der Waals surface area contributed by atoms with Gasteiger partial charge in [0.2, 0.25) is 0 Å². The predicted octanol–water partition coefficient (Wildman–Crippen LogP) is 2.95. The number of aliphatic carboxylic acids is 1. The summed E-state index contributed by atoms with van der Waals surface area (Å²) in [6.07, 6.45) is 0.960. The highest BCUT2D eigenvalue weighted by Crippen LogP contribution is 2.19. The van der Waals surface area contributed by atoms with Crippen molar-refractivity contribution in [3.63, 3.8) is 0 Å². The van der Waals surface area contributed by atoms with Gasteiger partial charge < -0.3 is 9.84 Å². The lowest BCUT2D eigenvalue weighted by Crippen LogP contribution is -2.19. The predicted molar refractivity (Wildman–Crippen MR) is 78.4 cm³/mol. The summed E-state index contributed by atoms with van der Waals surface area (Å²) in [6, 6.07) is 7.50. The van der Waals surface area contributed by atoms with E-state index in [-0.39, 0.29) is 0 Å². The Hall–Kier alpha value is -1.88. The van der Waals surface area contributed by atoms with Gasteiger partial charge in [-0.15, -0.1) is 11.3 Å². The Kier molecular flexibility index (Phi) is 4.74. The fourth-order valence-electron chi connectivity index (χ4n) is 2.05. The average Bonchev–Trinajstić information content (AvgIpc) is 2.84. The van der Waals surface area contributed by atoms with Crippen molar-refractivity contribution in [1.29, 1.82) is 0 Å². The Bertz CT molecular complexity index is 577. The van der Waals surface area contributed by atoms with Crippen LogP contribution in [0.4, 0.5) is 0 Å². The van der Waals surface area contributed by atoms with E-state index in [1.165, 1.54) is 0 Å². The molecule has 0 bridgehead atoms. The first-order valence-corrected chi connectivity index (χ1v) is 7.23. The second kappa shape index (κ2) is 6.52. The normalized spacial score (nSPS) is 12.1. The first kappa shape index (κ1) is 14.5. The molecule has 0 aliphatic carbocycles. The molecule has 5 heteroatoms. The van der Waals surface area contributed by atoms with Crippen LogP contribution in [0.5, 0.6) is 5.75 Å². The Morgan fingerprint density at radius 1 is 1.35 bits per heavy atom. The topological polar surface area (TPSA) is 59.4 Å². The largest absolute Gasteiger partial charge is 0.497 e. The Morgan fingerprint density at radius 3 is 2.55 bits per heavy atom. The summed E-state index contributed by atoms with van der Waals surface area (Å²) in [7, 11) is 1.61. The number of nitrogens with zero attached hydrogens (tertiary/aromatic N) is 1. The van der Waals surface area contributed by atoms with E-state index in [1.54, 1.807) is 18.4 Å². The number of hydrogen-bond donors (Lipinski definition) is 1. The van der Waals surface area contributed by atoms with Gasteiger partial charge in [-0.25, -0.2) is 4.98 Å². The maximum atomic E-state index is 11.4. The van der Waals surface area contributed by atoms with Crippen LogP contribution in [0.1, 0.15) is 16.3 Å². The minimum atomic E-state index is -0.786. The molecule has 0 fully saturated rings. The minimum absolute atomic E-state index is 0.454. The van der Waals surface area contributed by atoms with E-state index >= 15 is 0 Å². The molecule has 2 rings (SSSR count). The van der Waals surface area contributed by atoms with Gasteiger partial charge in [0.1, 0.15) is 5.75 Å². The van der Waals surface area contributed by atoms with Crippen LogP contribution in [0.2, 0.25) is 0 Å². The molecule has 0 radical (unpaired) electrons. The molecule has 1 atom stereocenters. The maximum absolute atomic E-state index is 11.4. The summed E-state index contributed by atoms with van der Waals surface area (Å²) < 4.78 is 5.10. The van der Waals surface area contributed by atoms with Crippen LogP contribution in [0.15, 0.2) is 29.6 Å². The fourth-order valence-corrected chi connectivity index (χ4v) is 2.67. The molecule has 4 nitrogen and oxygen atoms in total. The monoisotopic (exact) mass is 291 g/mol. The van der Waals surface area contributed by atoms with Gasteiger partial charge in [-0.2, -0.15) is 0 Å². The smallest absolute Gasteiger partial charge is 0.307 e. The van der Waals surface area contributed by atoms with Crippen molar-refractivity contribution >= 4 is 17.3 Å². The molecule has 106 valence electrons. The number of rotatable bonds is 6. The van der Waals surface area contributed by atoms with E-state index in [0.29, 0.717) is 12.8 Å². The van der Waals surface area contributed by atoms with Gasteiger partial charge in [0.05, 0.1) is 23.7 Å². The lowest BCUT2D eigenvalue weighted by molar-refractivity contribution is -0.141. The molecule has 1 N–H and O–H groups in total. The van der Waals surface area contributed by atoms with Gasteiger partial charge in [-0.3, -0.25) is 4.79 Å². The van der Waals surface area contributed by atoms with Crippen LogP contribution < -0.4 is 4.74 Å². The molecule has 0 aliphatic rings. The van der Waals surface area contributed by atoms with Crippen molar-refractivity contribution in [2.24, 2.45) is 5.92 Å². The molecule has 2 aromatic rings. The quantitative estimate of drug-likeness (QED) is 0.889. The fraction of sp³-hybridized carbons (Fsp3) is 0.333. The Balaban J connectivity index is 2.06. The third kappa shape index (κ3) is 3.81. The number of methoxy groups -OCH3 is 1. The van der Waals surface area contributed by atoms with Crippen molar-refractivity contribution < 1.29 is 14.6 Å². The molecule has 0 saturated carbocycles. The second-order valence-electron chi connectivity index (χ2n) is 4.65. The maximum Gasteiger partial charge on any atom is 0.307 e. The van der Waals surface area contributed by atoms with E-state index in [2.05, 4.69) is 4.98 Å². The van der Waals surface area contributed by atoms with Crippen LogP contribution >= 0.6 is 11.3 Å². The molecular weight excluding hydrogens is 274 g/mol. The number of hydrogen-bond acceptors (Lipinski definition) is 4. The third-order valence-electron chi connectivity index (χ3n) is 3.11. The van der Waals surface area contributed by atoms with Crippen LogP contribution in [0.25, 0.3) is 0 Å². The number of carboxylic acids is 1. The zero-order chi connectivity index (χ0) is 14.5. The number of thiazole rings is 1. The van der Waals surface area contributed by atoms with Crippen molar-refractivity contribution in [2.45, 2.75) is 19.8 Å². The minimum Gasteiger partial charge on any atom is -0.497 e. The molecule has 0 spiro atoms. The van der Waals surface area contributed by atoms with Gasteiger partial charge >= 0.3 is 5.97 Å². The second-order valence-corrected chi connectivity index (χ2v) is 5.71. The van der Waals surface area contributed by atoms with Crippen LogP contribution in [0, 0.1) is 12.8 Å². The number of aryl methyl sites for hydroxylation is 1. The van der Waals surface area contributed by atoms with E-state index in [4.69, 9.17) is 4.74 Å². The van der Waals surface area contributed by atoms with Gasteiger partial charge in [0.15, 0.2) is 0 Å². The molecule has 0 aliphatic heterocycles. The molecule has 20 heavy (non-hydrogen) atoms. The SMILES string of the molecule is COc1ccc(CC(Cc2csc(C)n2)C(=O)O)cc1. The van der Waals surface area contributed by atoms with Crippen molar-refractivity contribution in [1.82, 2.24) is 4.98 Å².